The van der Waals surface area contributed by atoms with Crippen molar-refractivity contribution in [2.45, 2.75) is 52.5 Å². The van der Waals surface area contributed by atoms with Crippen molar-refractivity contribution in [2.24, 2.45) is 5.92 Å². The van der Waals surface area contributed by atoms with E-state index in [1.807, 2.05) is 7.05 Å². The van der Waals surface area contributed by atoms with E-state index in [-0.39, 0.29) is 0 Å². The molecule has 2 heteroatoms. The van der Waals surface area contributed by atoms with E-state index < -0.39 is 0 Å². The second kappa shape index (κ2) is 6.94. The van der Waals surface area contributed by atoms with E-state index in [2.05, 4.69) is 50.4 Å². The molecule has 0 saturated heterocycles. The van der Waals surface area contributed by atoms with Gasteiger partial charge in [-0.1, -0.05) is 44.9 Å². The van der Waals surface area contributed by atoms with Crippen molar-refractivity contribution in [3.05, 3.63) is 35.6 Å². The minimum Gasteiger partial charge on any atom is -0.459 e. The molecule has 20 heavy (non-hydrogen) atoms. The number of fused-ring (bicyclic) bond motifs is 1. The average Bonchev–Trinajstić information content (AvgIpc) is 2.85. The fourth-order valence-corrected chi connectivity index (χ4v) is 3.21. The molecule has 0 amide bonds. The molecule has 1 aromatic heterocycles. The Kier molecular flexibility index (Phi) is 5.24. The molecule has 1 N–H and O–H groups in total. The van der Waals surface area contributed by atoms with Crippen LogP contribution in [0.2, 0.25) is 0 Å². The maximum atomic E-state index is 6.16. The number of hydrogen-bond donors (Lipinski definition) is 1. The second-order valence-electron chi connectivity index (χ2n) is 5.75. The van der Waals surface area contributed by atoms with Gasteiger partial charge < -0.3 is 9.73 Å². The van der Waals surface area contributed by atoms with Crippen molar-refractivity contribution in [3.63, 3.8) is 0 Å². The highest BCUT2D eigenvalue weighted by Gasteiger charge is 2.23. The first-order valence-electron chi connectivity index (χ1n) is 7.87. The van der Waals surface area contributed by atoms with Crippen molar-refractivity contribution in [1.82, 2.24) is 5.32 Å². The standard InChI is InChI=1S/C18H27NO/c1-5-8-14(9-6-2)17(19-4)16-12-15-11-7-10-13(3)18(15)20-16/h7,10-12,14,17,19H,5-6,8-9H2,1-4H3. The van der Waals surface area contributed by atoms with Crippen molar-refractivity contribution in [1.29, 1.82) is 0 Å². The molecule has 2 aromatic rings. The van der Waals surface area contributed by atoms with Crippen molar-refractivity contribution >= 4 is 11.0 Å². The van der Waals surface area contributed by atoms with E-state index in [0.29, 0.717) is 12.0 Å². The molecular weight excluding hydrogens is 246 g/mol. The van der Waals surface area contributed by atoms with Gasteiger partial charge in [-0.15, -0.1) is 0 Å². The average molecular weight is 273 g/mol. The van der Waals surface area contributed by atoms with Crippen LogP contribution in [0.3, 0.4) is 0 Å². The zero-order valence-electron chi connectivity index (χ0n) is 13.2. The van der Waals surface area contributed by atoms with Gasteiger partial charge in [0.15, 0.2) is 0 Å². The van der Waals surface area contributed by atoms with E-state index in [4.69, 9.17) is 4.42 Å². The molecule has 1 atom stereocenters. The van der Waals surface area contributed by atoms with Gasteiger partial charge in [-0.05, 0) is 44.4 Å². The molecule has 110 valence electrons. The molecule has 1 heterocycles. The molecule has 0 fully saturated rings. The summed E-state index contributed by atoms with van der Waals surface area (Å²) in [6.07, 6.45) is 4.94. The molecule has 1 unspecified atom stereocenters. The topological polar surface area (TPSA) is 25.2 Å². The van der Waals surface area contributed by atoms with Crippen molar-refractivity contribution in [3.8, 4) is 0 Å². The van der Waals surface area contributed by atoms with E-state index in [0.717, 1.165) is 11.3 Å². The van der Waals surface area contributed by atoms with E-state index in [9.17, 15) is 0 Å². The lowest BCUT2D eigenvalue weighted by molar-refractivity contribution is 0.294. The van der Waals surface area contributed by atoms with Crippen LogP contribution in [-0.2, 0) is 0 Å². The van der Waals surface area contributed by atoms with Crippen LogP contribution >= 0.6 is 0 Å². The highest BCUT2D eigenvalue weighted by molar-refractivity contribution is 5.81. The third kappa shape index (κ3) is 3.06. The van der Waals surface area contributed by atoms with Crippen LogP contribution in [0, 0.1) is 12.8 Å². The van der Waals surface area contributed by atoms with E-state index >= 15 is 0 Å². The molecule has 0 aliphatic carbocycles. The summed E-state index contributed by atoms with van der Waals surface area (Å²) in [4.78, 5) is 0. The predicted molar refractivity (Wildman–Crippen MR) is 86.1 cm³/mol. The fourth-order valence-electron chi connectivity index (χ4n) is 3.21. The largest absolute Gasteiger partial charge is 0.459 e. The molecule has 0 bridgehead atoms. The summed E-state index contributed by atoms with van der Waals surface area (Å²) in [6.45, 7) is 6.63. The lowest BCUT2D eigenvalue weighted by Crippen LogP contribution is -2.24. The third-order valence-electron chi connectivity index (χ3n) is 4.17. The highest BCUT2D eigenvalue weighted by atomic mass is 16.3. The lowest BCUT2D eigenvalue weighted by atomic mass is 9.89. The summed E-state index contributed by atoms with van der Waals surface area (Å²) in [6, 6.07) is 8.88. The van der Waals surface area contributed by atoms with Gasteiger partial charge in [0.2, 0.25) is 0 Å². The lowest BCUT2D eigenvalue weighted by Gasteiger charge is -2.24. The molecule has 0 aliphatic heterocycles. The Labute approximate surface area is 122 Å². The van der Waals surface area contributed by atoms with Crippen LogP contribution in [0.4, 0.5) is 0 Å². The number of rotatable bonds is 7. The summed E-state index contributed by atoms with van der Waals surface area (Å²) in [7, 11) is 2.04. The van der Waals surface area contributed by atoms with Crippen LogP contribution in [-0.4, -0.2) is 7.05 Å². The Bertz CT molecular complexity index is 537. The van der Waals surface area contributed by atoms with Gasteiger partial charge >= 0.3 is 0 Å². The highest BCUT2D eigenvalue weighted by Crippen LogP contribution is 2.33. The minimum absolute atomic E-state index is 0.321. The summed E-state index contributed by atoms with van der Waals surface area (Å²) in [5.41, 5.74) is 2.25. The molecule has 0 aliphatic rings. The number of para-hydroxylation sites is 1. The van der Waals surface area contributed by atoms with Gasteiger partial charge in [0.1, 0.15) is 11.3 Å². The van der Waals surface area contributed by atoms with Gasteiger partial charge in [0.25, 0.3) is 0 Å². The number of furan rings is 1. The van der Waals surface area contributed by atoms with Crippen LogP contribution in [0.1, 0.15) is 56.9 Å². The SMILES string of the molecule is CCCC(CCC)C(NC)c1cc2cccc(C)c2o1. The van der Waals surface area contributed by atoms with Gasteiger partial charge in [-0.3, -0.25) is 0 Å². The monoisotopic (exact) mass is 273 g/mol. The fraction of sp³-hybridized carbons (Fsp3) is 0.556. The Hall–Kier alpha value is -1.28. The summed E-state index contributed by atoms with van der Waals surface area (Å²) in [5.74, 6) is 1.74. The van der Waals surface area contributed by atoms with E-state index in [1.165, 1.54) is 36.6 Å². The number of aryl methyl sites for hydroxylation is 1. The summed E-state index contributed by atoms with van der Waals surface area (Å²) < 4.78 is 6.16. The van der Waals surface area contributed by atoms with Crippen LogP contribution < -0.4 is 5.32 Å². The zero-order chi connectivity index (χ0) is 14.5. The van der Waals surface area contributed by atoms with Gasteiger partial charge in [-0.25, -0.2) is 0 Å². The maximum absolute atomic E-state index is 6.16. The Morgan fingerprint density at radius 3 is 2.40 bits per heavy atom. The second-order valence-corrected chi connectivity index (χ2v) is 5.75. The molecule has 0 saturated carbocycles. The number of hydrogen-bond acceptors (Lipinski definition) is 2. The third-order valence-corrected chi connectivity index (χ3v) is 4.17. The number of benzene rings is 1. The quantitative estimate of drug-likeness (QED) is 0.748. The van der Waals surface area contributed by atoms with Gasteiger partial charge in [0, 0.05) is 5.39 Å². The first-order valence-corrected chi connectivity index (χ1v) is 7.87. The Morgan fingerprint density at radius 2 is 1.85 bits per heavy atom. The smallest absolute Gasteiger partial charge is 0.137 e. The first kappa shape index (κ1) is 15.1. The Morgan fingerprint density at radius 1 is 1.15 bits per heavy atom. The molecule has 2 nitrogen and oxygen atoms in total. The molecule has 1 aromatic carbocycles. The summed E-state index contributed by atoms with van der Waals surface area (Å²) in [5, 5.41) is 4.69. The minimum atomic E-state index is 0.321. The van der Waals surface area contributed by atoms with Crippen LogP contribution in [0.5, 0.6) is 0 Å². The van der Waals surface area contributed by atoms with Gasteiger partial charge in [0.05, 0.1) is 6.04 Å². The first-order chi connectivity index (χ1) is 9.71. The van der Waals surface area contributed by atoms with Crippen LogP contribution in [0.15, 0.2) is 28.7 Å². The zero-order valence-corrected chi connectivity index (χ0v) is 13.2. The van der Waals surface area contributed by atoms with Crippen molar-refractivity contribution in [2.75, 3.05) is 7.05 Å². The molecule has 0 spiro atoms. The molecular formula is C18H27NO. The summed E-state index contributed by atoms with van der Waals surface area (Å²) >= 11 is 0. The van der Waals surface area contributed by atoms with Crippen molar-refractivity contribution < 1.29 is 4.42 Å². The van der Waals surface area contributed by atoms with Gasteiger partial charge in [-0.2, -0.15) is 0 Å². The molecule has 0 radical (unpaired) electrons. The Balaban J connectivity index is 2.34. The normalized spacial score (nSPS) is 13.2. The predicted octanol–water partition coefficient (Wildman–Crippen LogP) is 5.22. The maximum Gasteiger partial charge on any atom is 0.137 e. The number of nitrogens with one attached hydrogen (secondary N) is 1. The van der Waals surface area contributed by atoms with Crippen LogP contribution in [0.25, 0.3) is 11.0 Å². The van der Waals surface area contributed by atoms with E-state index in [1.54, 1.807) is 0 Å². The molecule has 2 rings (SSSR count).